The second kappa shape index (κ2) is 17.2. The molecule has 0 spiro atoms. The predicted molar refractivity (Wildman–Crippen MR) is 132 cm³/mol. The van der Waals surface area contributed by atoms with Gasteiger partial charge in [-0.15, -0.1) is 0 Å². The molecule has 3 rings (SSSR count). The van der Waals surface area contributed by atoms with E-state index in [9.17, 15) is 39.3 Å². The van der Waals surface area contributed by atoms with Gasteiger partial charge in [0.05, 0.1) is 11.9 Å². The van der Waals surface area contributed by atoms with Crippen molar-refractivity contribution in [1.82, 2.24) is 19.8 Å². The van der Waals surface area contributed by atoms with Gasteiger partial charge in [0.1, 0.15) is 22.5 Å². The average molecular weight is 607 g/mol. The molecule has 0 saturated carbocycles. The summed E-state index contributed by atoms with van der Waals surface area (Å²) >= 11 is 0. The number of carboxylic acids is 2. The predicted octanol–water partition coefficient (Wildman–Crippen LogP) is -3.75. The Morgan fingerprint density at radius 3 is 1.75 bits per heavy atom. The number of carboxylic acid groups (broad SMARTS) is 2. The molecule has 5 N–H and O–H groups in total. The van der Waals surface area contributed by atoms with Crippen molar-refractivity contribution < 1.29 is 70.7 Å². The van der Waals surface area contributed by atoms with Gasteiger partial charge >= 0.3 is 11.9 Å². The first-order valence-corrected chi connectivity index (χ1v) is 10.8. The minimum atomic E-state index is -1.48. The number of nitrogens with zero attached hydrogens (tertiary/aromatic N) is 4. The van der Waals surface area contributed by atoms with E-state index in [1.54, 1.807) is 18.2 Å². The van der Waals surface area contributed by atoms with Gasteiger partial charge in [-0.1, -0.05) is 7.43 Å². The maximum atomic E-state index is 10.7. The number of hydrogen-bond donors (Lipinski definition) is 1. The van der Waals surface area contributed by atoms with Crippen molar-refractivity contribution in [3.05, 3.63) is 36.7 Å². The van der Waals surface area contributed by atoms with Crippen molar-refractivity contribution in [3.8, 4) is 11.5 Å². The normalized spacial score (nSPS) is 10.2. The zero-order valence-corrected chi connectivity index (χ0v) is 21.1. The zero-order chi connectivity index (χ0) is 28.2. The third-order valence-electron chi connectivity index (χ3n) is 4.91. The van der Waals surface area contributed by atoms with Gasteiger partial charge in [0.2, 0.25) is 0 Å². The van der Waals surface area contributed by atoms with Crippen LogP contribution in [0.3, 0.4) is 0 Å². The van der Waals surface area contributed by atoms with Crippen LogP contribution < -0.4 is 14.9 Å². The Labute approximate surface area is 237 Å². The van der Waals surface area contributed by atoms with Gasteiger partial charge in [-0.05, 0) is 24.3 Å². The van der Waals surface area contributed by atoms with Crippen molar-refractivity contribution in [2.75, 3.05) is 39.3 Å². The third-order valence-corrected chi connectivity index (χ3v) is 4.91. The van der Waals surface area contributed by atoms with E-state index in [0.717, 1.165) is 9.80 Å². The molecule has 0 aliphatic heterocycles. The average Bonchev–Trinajstić information content (AvgIpc) is 2.82. The van der Waals surface area contributed by atoms with Crippen molar-refractivity contribution in [1.29, 1.82) is 0 Å². The van der Waals surface area contributed by atoms with E-state index in [4.69, 9.17) is 14.9 Å². The number of hydrogen-bond acceptors (Lipinski definition) is 13. The number of aliphatic carboxylic acids is 2. The minimum Gasteiger partial charge on any atom is -0.564 e. The Kier molecular flexibility index (Phi) is 15.3. The summed E-state index contributed by atoms with van der Waals surface area (Å²) in [6.45, 7) is -1.88. The number of fused-ring (bicyclic) bond motifs is 3. The van der Waals surface area contributed by atoms with Crippen molar-refractivity contribution in [2.45, 2.75) is 7.43 Å². The molecule has 1 aromatic carbocycles. The standard InChI is InChI=1S/C13H8N2O3.C10H16N2O8.CH4.Ni/c16-7-18-11-4-6-15-13-9(11)2-1-8-10(17)3-5-14-12(8)13;13-7(14)3-11(4-8(15)16)1-2-12(5-9(17)18)6-10(19)20;;/h1-7H,(H,14,17);1-6H2,(H,13,14)(H,15,16)(H,17,18)(H,19,20);1H4;. The molecule has 0 aliphatic rings. The number of aromatic nitrogens is 2. The molecule has 2 heterocycles. The summed E-state index contributed by atoms with van der Waals surface area (Å²) < 4.78 is 4.89. The van der Waals surface area contributed by atoms with Crippen molar-refractivity contribution >= 4 is 52.2 Å². The van der Waals surface area contributed by atoms with Crippen LogP contribution in [-0.2, 0) is 40.5 Å². The van der Waals surface area contributed by atoms with Gasteiger partial charge in [0.25, 0.3) is 6.47 Å². The fourth-order valence-electron chi connectivity index (χ4n) is 3.42. The molecule has 15 nitrogen and oxygen atoms in total. The van der Waals surface area contributed by atoms with Gasteiger partial charge in [0.15, 0.2) is 13.1 Å². The van der Waals surface area contributed by atoms with E-state index in [1.807, 2.05) is 0 Å². The number of carbonyl (C=O) groups is 5. The van der Waals surface area contributed by atoms with E-state index in [0.29, 0.717) is 34.0 Å². The maximum absolute atomic E-state index is 10.7. The summed E-state index contributed by atoms with van der Waals surface area (Å²) in [7, 11) is 0. The van der Waals surface area contributed by atoms with Gasteiger partial charge in [-0.3, -0.25) is 24.6 Å². The van der Waals surface area contributed by atoms with Crippen LogP contribution in [0.15, 0.2) is 36.7 Å². The van der Waals surface area contributed by atoms with E-state index in [2.05, 4.69) is 9.97 Å². The molecule has 0 fully saturated rings. The van der Waals surface area contributed by atoms with Crippen LogP contribution in [0.25, 0.3) is 21.8 Å². The summed E-state index contributed by atoms with van der Waals surface area (Å²) in [5.41, 5.74) is 1.16. The molecule has 16 heteroatoms. The molecule has 0 amide bonds. The molecular weight excluding hydrogens is 579 g/mol. The summed E-state index contributed by atoms with van der Waals surface area (Å²) in [6.07, 6.45) is 3.04. The van der Waals surface area contributed by atoms with Crippen LogP contribution in [0.2, 0.25) is 0 Å². The van der Waals surface area contributed by atoms with Crippen LogP contribution in [-0.4, -0.2) is 105 Å². The Morgan fingerprint density at radius 2 is 1.27 bits per heavy atom. The number of pyridine rings is 2. The molecule has 0 atom stereocenters. The molecule has 2 aromatic heterocycles. The van der Waals surface area contributed by atoms with E-state index < -0.39 is 50.1 Å². The van der Waals surface area contributed by atoms with Crippen LogP contribution in [0.5, 0.6) is 11.5 Å². The topological polar surface area (TPSA) is 239 Å². The Morgan fingerprint density at radius 1 is 0.825 bits per heavy atom. The van der Waals surface area contributed by atoms with Gasteiger partial charge in [0, 0.05) is 75.4 Å². The summed E-state index contributed by atoms with van der Waals surface area (Å²) in [5, 5.41) is 45.5. The second-order valence-electron chi connectivity index (χ2n) is 7.72. The fourth-order valence-corrected chi connectivity index (χ4v) is 3.42. The fraction of sp³-hybridized carbons (Fsp3) is 0.292. The first-order chi connectivity index (χ1) is 18.0. The molecule has 0 radical (unpaired) electrons. The largest absolute Gasteiger partial charge is 0.564 e. The van der Waals surface area contributed by atoms with Crippen LogP contribution >= 0.6 is 0 Å². The maximum Gasteiger partial charge on any atom is 0.530 e. The van der Waals surface area contributed by atoms with Gasteiger partial charge in [-0.25, -0.2) is 0 Å². The van der Waals surface area contributed by atoms with Gasteiger partial charge < -0.3 is 39.9 Å². The SMILES string of the molecule is C.O=C([O-])CN(CCN(CC(=O)[OH2+])CC(=O)[OH2+])CC(=O)[O-].O=COc1ccnc2c1ccc1c(O)ccnc12.[Ni]. The first kappa shape index (κ1) is 35.6. The van der Waals surface area contributed by atoms with Crippen molar-refractivity contribution in [2.24, 2.45) is 0 Å². The zero-order valence-electron chi connectivity index (χ0n) is 20.1. The molecule has 3 aromatic rings. The van der Waals surface area contributed by atoms with E-state index >= 15 is 0 Å². The van der Waals surface area contributed by atoms with Crippen LogP contribution in [0, 0.1) is 0 Å². The quantitative estimate of drug-likeness (QED) is 0.0851. The smallest absolute Gasteiger partial charge is 0.530 e. The van der Waals surface area contributed by atoms with E-state index in [-0.39, 0.29) is 42.8 Å². The second-order valence-corrected chi connectivity index (χ2v) is 7.72. The number of rotatable bonds is 13. The molecule has 0 bridgehead atoms. The van der Waals surface area contributed by atoms with Crippen LogP contribution in [0.1, 0.15) is 7.43 Å². The monoisotopic (exact) mass is 606 g/mol. The molecular formula is C24H28N4NiO11. The molecule has 0 unspecified atom stereocenters. The van der Waals surface area contributed by atoms with Crippen molar-refractivity contribution in [3.63, 3.8) is 0 Å². The number of carbonyl (C=O) groups excluding carboxylic acids is 5. The summed E-state index contributed by atoms with van der Waals surface area (Å²) in [5.74, 6) is -4.35. The molecule has 0 saturated heterocycles. The third kappa shape index (κ3) is 11.1. The summed E-state index contributed by atoms with van der Waals surface area (Å²) in [6, 6.07) is 6.58. The minimum absolute atomic E-state index is 0. The Balaban J connectivity index is 0.000000725. The Hall–Kier alpha value is -4.40. The molecule has 0 aliphatic carbocycles. The number of benzene rings is 1. The van der Waals surface area contributed by atoms with Gasteiger partial charge in [-0.2, -0.15) is 0 Å². The van der Waals surface area contributed by atoms with Crippen LogP contribution in [0.4, 0.5) is 0 Å². The van der Waals surface area contributed by atoms with E-state index in [1.165, 1.54) is 18.5 Å². The molecule has 40 heavy (non-hydrogen) atoms. The number of aromatic hydroxyl groups is 1. The number of ether oxygens (including phenoxy) is 1. The first-order valence-electron chi connectivity index (χ1n) is 10.8. The molecule has 220 valence electrons. The Bertz CT molecular complexity index is 1270. The summed E-state index contributed by atoms with van der Waals surface area (Å²) in [4.78, 5) is 63.2.